The molecular formula is C23H26N2O3. The first kappa shape index (κ1) is 18.4. The first-order valence-electron chi connectivity index (χ1n) is 9.63. The number of fused-ring (bicyclic) bond motifs is 5. The summed E-state index contributed by atoms with van der Waals surface area (Å²) < 4.78 is 11.2. The van der Waals surface area contributed by atoms with E-state index in [4.69, 9.17) is 9.47 Å². The van der Waals surface area contributed by atoms with Crippen molar-refractivity contribution >= 4 is 23.6 Å². The van der Waals surface area contributed by atoms with E-state index in [0.29, 0.717) is 13.2 Å². The Morgan fingerprint density at radius 1 is 1.21 bits per heavy atom. The van der Waals surface area contributed by atoms with E-state index in [0.717, 1.165) is 28.6 Å². The van der Waals surface area contributed by atoms with Crippen molar-refractivity contribution in [3.63, 3.8) is 0 Å². The van der Waals surface area contributed by atoms with E-state index in [-0.39, 0.29) is 5.54 Å². The summed E-state index contributed by atoms with van der Waals surface area (Å²) in [6.45, 7) is 7.63. The van der Waals surface area contributed by atoms with Crippen molar-refractivity contribution in [1.29, 1.82) is 0 Å². The minimum Gasteiger partial charge on any atom is -0.464 e. The molecule has 5 heteroatoms. The van der Waals surface area contributed by atoms with Crippen LogP contribution in [0.5, 0.6) is 5.75 Å². The molecular weight excluding hydrogens is 352 g/mol. The quantitative estimate of drug-likeness (QED) is 0.892. The monoisotopic (exact) mass is 378 g/mol. The molecule has 146 valence electrons. The van der Waals surface area contributed by atoms with E-state index in [2.05, 4.69) is 49.2 Å². The zero-order chi connectivity index (χ0) is 19.9. The number of nitrogens with one attached hydrogen (secondary N) is 1. The van der Waals surface area contributed by atoms with Gasteiger partial charge in [-0.2, -0.15) is 0 Å². The number of para-hydroxylation sites is 1. The van der Waals surface area contributed by atoms with Crippen LogP contribution in [0.1, 0.15) is 27.2 Å². The smallest absolute Gasteiger partial charge is 0.406 e. The van der Waals surface area contributed by atoms with E-state index < -0.39 is 6.09 Å². The van der Waals surface area contributed by atoms with Gasteiger partial charge in [0.25, 0.3) is 0 Å². The molecule has 5 nitrogen and oxygen atoms in total. The van der Waals surface area contributed by atoms with Gasteiger partial charge in [-0.3, -0.25) is 0 Å². The number of benzene rings is 2. The lowest BCUT2D eigenvalue weighted by Crippen LogP contribution is -2.54. The molecule has 2 aliphatic rings. The lowest BCUT2D eigenvalue weighted by molar-refractivity contribution is 0.149. The molecule has 0 saturated carbocycles. The highest BCUT2D eigenvalue weighted by Gasteiger charge is 2.33. The second-order valence-corrected chi connectivity index (χ2v) is 7.96. The Kier molecular flexibility index (Phi) is 4.53. The van der Waals surface area contributed by atoms with Crippen LogP contribution in [0.2, 0.25) is 0 Å². The summed E-state index contributed by atoms with van der Waals surface area (Å²) in [6, 6.07) is 12.5. The zero-order valence-corrected chi connectivity index (χ0v) is 16.8. The van der Waals surface area contributed by atoms with Crippen LogP contribution in [0.3, 0.4) is 0 Å². The number of nitrogens with zero attached hydrogens (tertiary/aromatic N) is 1. The predicted octanol–water partition coefficient (Wildman–Crippen LogP) is 3.00. The molecule has 4 rings (SSSR count). The van der Waals surface area contributed by atoms with E-state index in [1.807, 2.05) is 24.5 Å². The van der Waals surface area contributed by atoms with E-state index >= 15 is 0 Å². The highest BCUT2D eigenvalue weighted by Crippen LogP contribution is 2.34. The summed E-state index contributed by atoms with van der Waals surface area (Å²) >= 11 is 0. The third-order valence-electron chi connectivity index (χ3n) is 5.60. The van der Waals surface area contributed by atoms with Crippen LogP contribution >= 0.6 is 0 Å². The standard InChI is InChI=1S/C23H26N2O3/c1-15-13-23(2,3)25(11-12-27-22(26)24-4)19-10-9-16-17-7-5-6-8-20(17)28-14-18(16)21(15)19/h5-10,14H,11-13H2,1-4H3,(H,24,26). The first-order chi connectivity index (χ1) is 13.4. The highest BCUT2D eigenvalue weighted by atomic mass is 16.5. The Morgan fingerprint density at radius 2 is 2.00 bits per heavy atom. The number of alkyl carbamates (subject to hydrolysis) is 1. The van der Waals surface area contributed by atoms with E-state index in [1.54, 1.807) is 7.05 Å². The number of amides is 1. The fourth-order valence-electron chi connectivity index (χ4n) is 4.44. The molecule has 0 unspecified atom stereocenters. The van der Waals surface area contributed by atoms with Gasteiger partial charge in [0.15, 0.2) is 0 Å². The molecule has 1 amide bonds. The summed E-state index contributed by atoms with van der Waals surface area (Å²) in [5, 5.41) is 4.85. The lowest BCUT2D eigenvalue weighted by atomic mass is 9.85. The van der Waals surface area contributed by atoms with Crippen molar-refractivity contribution < 1.29 is 14.3 Å². The summed E-state index contributed by atoms with van der Waals surface area (Å²) in [7, 11) is 1.57. The van der Waals surface area contributed by atoms with E-state index in [9.17, 15) is 4.79 Å². The van der Waals surface area contributed by atoms with Gasteiger partial charge in [-0.15, -0.1) is 0 Å². The number of ether oxygens (including phenoxy) is 2. The maximum Gasteiger partial charge on any atom is 0.406 e. The number of hydrogen-bond acceptors (Lipinski definition) is 4. The molecule has 1 N–H and O–H groups in total. The Morgan fingerprint density at radius 3 is 2.79 bits per heavy atom. The van der Waals surface area contributed by atoms with E-state index in [1.165, 1.54) is 16.4 Å². The molecule has 2 heterocycles. The highest BCUT2D eigenvalue weighted by molar-refractivity contribution is 5.78. The molecule has 0 radical (unpaired) electrons. The van der Waals surface area contributed by atoms with Crippen LogP contribution < -0.4 is 25.4 Å². The number of carbonyl (C=O) groups is 1. The zero-order valence-electron chi connectivity index (χ0n) is 16.8. The largest absolute Gasteiger partial charge is 0.464 e. The van der Waals surface area contributed by atoms with Crippen molar-refractivity contribution in [2.24, 2.45) is 0 Å². The van der Waals surface area contributed by atoms with Crippen LogP contribution in [0.15, 0.2) is 36.4 Å². The third kappa shape index (κ3) is 3.01. The molecule has 0 bridgehead atoms. The van der Waals surface area contributed by atoms with Crippen LogP contribution in [0, 0.1) is 0 Å². The molecule has 0 aromatic heterocycles. The topological polar surface area (TPSA) is 50.8 Å². The number of hydrogen-bond donors (Lipinski definition) is 1. The molecule has 0 saturated heterocycles. The predicted molar refractivity (Wildman–Crippen MR) is 112 cm³/mol. The minimum absolute atomic E-state index is 0.0647. The Hall–Kier alpha value is -2.95. The Bertz CT molecular complexity index is 1060. The van der Waals surface area contributed by atoms with Crippen LogP contribution in [0.4, 0.5) is 10.5 Å². The first-order valence-corrected chi connectivity index (χ1v) is 9.63. The average molecular weight is 378 g/mol. The summed E-state index contributed by atoms with van der Waals surface area (Å²) in [6.07, 6.45) is 2.41. The maximum absolute atomic E-state index is 11.4. The number of anilines is 1. The molecule has 0 spiro atoms. The molecule has 2 aromatic rings. The van der Waals surface area contributed by atoms with Crippen LogP contribution in [0.25, 0.3) is 23.0 Å². The average Bonchev–Trinajstić information content (AvgIpc) is 2.68. The summed E-state index contributed by atoms with van der Waals surface area (Å²) in [4.78, 5) is 13.8. The Labute approximate surface area is 165 Å². The van der Waals surface area contributed by atoms with Gasteiger partial charge in [0.1, 0.15) is 12.4 Å². The molecule has 0 aliphatic carbocycles. The number of rotatable bonds is 3. The van der Waals surface area contributed by atoms with Crippen molar-refractivity contribution in [2.45, 2.75) is 32.7 Å². The normalized spacial score (nSPS) is 16.1. The SMILES string of the molecule is CNC(=O)OCCN1c2ccc3c(c2=C(C)CC1(C)C)=COc1ccccc1-3. The third-order valence-corrected chi connectivity index (χ3v) is 5.60. The molecule has 2 aromatic carbocycles. The van der Waals surface area contributed by atoms with Crippen molar-refractivity contribution in [3.8, 4) is 16.9 Å². The molecule has 0 atom stereocenters. The van der Waals surface area contributed by atoms with Crippen LogP contribution in [-0.4, -0.2) is 31.8 Å². The van der Waals surface area contributed by atoms with Crippen molar-refractivity contribution in [2.75, 3.05) is 25.1 Å². The summed E-state index contributed by atoms with van der Waals surface area (Å²) in [5.41, 5.74) is 4.76. The number of carbonyl (C=O) groups excluding carboxylic acids is 1. The second-order valence-electron chi connectivity index (χ2n) is 7.96. The van der Waals surface area contributed by atoms with Gasteiger partial charge in [-0.25, -0.2) is 4.79 Å². The fraction of sp³-hybridized carbons (Fsp3) is 0.348. The molecule has 2 aliphatic heterocycles. The van der Waals surface area contributed by atoms with Gasteiger partial charge in [0, 0.05) is 34.3 Å². The van der Waals surface area contributed by atoms with Gasteiger partial charge in [0.05, 0.1) is 12.8 Å². The summed E-state index contributed by atoms with van der Waals surface area (Å²) in [5.74, 6) is 0.888. The minimum atomic E-state index is -0.401. The second kappa shape index (κ2) is 6.89. The van der Waals surface area contributed by atoms with Crippen molar-refractivity contribution in [3.05, 3.63) is 46.8 Å². The molecule has 28 heavy (non-hydrogen) atoms. The molecule has 0 fully saturated rings. The van der Waals surface area contributed by atoms with Gasteiger partial charge < -0.3 is 19.7 Å². The lowest BCUT2D eigenvalue weighted by Gasteiger charge is -2.44. The van der Waals surface area contributed by atoms with Gasteiger partial charge in [-0.05, 0) is 44.9 Å². The van der Waals surface area contributed by atoms with Gasteiger partial charge >= 0.3 is 6.09 Å². The Balaban J connectivity index is 1.81. The van der Waals surface area contributed by atoms with Gasteiger partial charge in [0.2, 0.25) is 0 Å². The fourth-order valence-corrected chi connectivity index (χ4v) is 4.44. The van der Waals surface area contributed by atoms with Crippen molar-refractivity contribution in [1.82, 2.24) is 5.32 Å². The van der Waals surface area contributed by atoms with Gasteiger partial charge in [-0.1, -0.05) is 29.8 Å². The van der Waals surface area contributed by atoms with Crippen LogP contribution in [-0.2, 0) is 4.74 Å². The maximum atomic E-state index is 11.4.